The van der Waals surface area contributed by atoms with E-state index in [0.717, 1.165) is 0 Å². The van der Waals surface area contributed by atoms with Gasteiger partial charge in [-0.15, -0.1) is 0 Å². The van der Waals surface area contributed by atoms with Crippen LogP contribution in [0.1, 0.15) is 17.0 Å². The minimum absolute atomic E-state index is 0.586. The lowest BCUT2D eigenvalue weighted by Crippen LogP contribution is -2.06. The molecule has 0 fully saturated rings. The molecule has 0 radical (unpaired) electrons. The van der Waals surface area contributed by atoms with Gasteiger partial charge in [0.2, 0.25) is 0 Å². The van der Waals surface area contributed by atoms with Crippen LogP contribution in [0.15, 0.2) is 41.8 Å². The highest BCUT2D eigenvalue weighted by atomic mass is 33.1. The molecule has 1 aromatic carbocycles. The number of allylic oxidation sites excluding steroid dienone is 1. The van der Waals surface area contributed by atoms with Crippen LogP contribution in [0.25, 0.3) is 6.08 Å². The van der Waals surface area contributed by atoms with Crippen molar-refractivity contribution in [1.82, 2.24) is 0 Å². The van der Waals surface area contributed by atoms with Gasteiger partial charge in [0.05, 0.1) is 0 Å². The van der Waals surface area contributed by atoms with Gasteiger partial charge in [0.25, 0.3) is 0 Å². The third-order valence-electron chi connectivity index (χ3n) is 2.68. The fraction of sp³-hybridized carbons (Fsp3) is 0.167. The van der Waals surface area contributed by atoms with Crippen LogP contribution >= 0.6 is 21.6 Å². The maximum Gasteiger partial charge on any atom is 0.0446 e. The second-order valence-electron chi connectivity index (χ2n) is 3.50. The summed E-state index contributed by atoms with van der Waals surface area (Å²) in [6.07, 6.45) is 6.89. The summed E-state index contributed by atoms with van der Waals surface area (Å²) in [7, 11) is 3.80. The topological polar surface area (TPSA) is 0 Å². The molecule has 0 spiro atoms. The summed E-state index contributed by atoms with van der Waals surface area (Å²) < 4.78 is 0. The highest BCUT2D eigenvalue weighted by molar-refractivity contribution is 8.78. The second kappa shape index (κ2) is 3.52. The first-order valence-electron chi connectivity index (χ1n) is 4.71. The fourth-order valence-corrected chi connectivity index (χ4v) is 4.33. The summed E-state index contributed by atoms with van der Waals surface area (Å²) in [5, 5.41) is 2.82. The molecular weight excluding hydrogens is 208 g/mol. The van der Waals surface area contributed by atoms with E-state index < -0.39 is 0 Å². The van der Waals surface area contributed by atoms with Crippen LogP contribution in [0.2, 0.25) is 0 Å². The first-order valence-corrected chi connectivity index (χ1v) is 6.99. The molecule has 1 aliphatic heterocycles. The van der Waals surface area contributed by atoms with Crippen LogP contribution in [-0.2, 0) is 0 Å². The molecule has 2 atom stereocenters. The van der Waals surface area contributed by atoms with Crippen LogP contribution < -0.4 is 0 Å². The van der Waals surface area contributed by atoms with E-state index in [1.807, 2.05) is 21.6 Å². The molecule has 70 valence electrons. The number of hydrogen-bond acceptors (Lipinski definition) is 2. The monoisotopic (exact) mass is 218 g/mol. The molecule has 2 unspecified atom stereocenters. The molecule has 1 aromatic rings. The standard InChI is InChI=1S/C12H10S2/c1-2-4-10-9(3-1)5-6-11(10)12-7-8-13-14-12/h1-8,11-12H. The highest BCUT2D eigenvalue weighted by Crippen LogP contribution is 2.46. The number of rotatable bonds is 1. The summed E-state index contributed by atoms with van der Waals surface area (Å²) in [6.45, 7) is 0. The van der Waals surface area contributed by atoms with Gasteiger partial charge in [-0.25, -0.2) is 0 Å². The lowest BCUT2D eigenvalue weighted by molar-refractivity contribution is 0.904. The van der Waals surface area contributed by atoms with Crippen molar-refractivity contribution in [2.45, 2.75) is 11.2 Å². The maximum atomic E-state index is 2.33. The third-order valence-corrected chi connectivity index (χ3v) is 5.07. The zero-order chi connectivity index (χ0) is 9.38. The van der Waals surface area contributed by atoms with Gasteiger partial charge in [0.1, 0.15) is 0 Å². The molecule has 0 nitrogen and oxygen atoms in total. The van der Waals surface area contributed by atoms with Gasteiger partial charge >= 0.3 is 0 Å². The maximum absolute atomic E-state index is 2.33. The molecule has 0 saturated carbocycles. The molecule has 0 saturated heterocycles. The average molecular weight is 218 g/mol. The van der Waals surface area contributed by atoms with E-state index in [9.17, 15) is 0 Å². The lowest BCUT2D eigenvalue weighted by atomic mass is 9.97. The van der Waals surface area contributed by atoms with Gasteiger partial charge in [-0.3, -0.25) is 0 Å². The zero-order valence-corrected chi connectivity index (χ0v) is 9.22. The summed E-state index contributed by atoms with van der Waals surface area (Å²) in [6, 6.07) is 8.69. The van der Waals surface area contributed by atoms with E-state index in [1.165, 1.54) is 11.1 Å². The van der Waals surface area contributed by atoms with E-state index in [4.69, 9.17) is 0 Å². The van der Waals surface area contributed by atoms with Gasteiger partial charge in [0.15, 0.2) is 0 Å². The Labute approximate surface area is 91.9 Å². The number of benzene rings is 1. The SMILES string of the molecule is C1=CC(C2C=Cc3ccccc32)SS1. The Kier molecular flexibility index (Phi) is 2.18. The molecule has 0 amide bonds. The minimum atomic E-state index is 0.586. The summed E-state index contributed by atoms with van der Waals surface area (Å²) in [5.74, 6) is 0.586. The second-order valence-corrected chi connectivity index (χ2v) is 5.86. The molecule has 14 heavy (non-hydrogen) atoms. The van der Waals surface area contributed by atoms with E-state index in [0.29, 0.717) is 11.2 Å². The first-order chi connectivity index (χ1) is 6.95. The van der Waals surface area contributed by atoms with E-state index >= 15 is 0 Å². The van der Waals surface area contributed by atoms with Gasteiger partial charge in [-0.05, 0) is 16.5 Å². The van der Waals surface area contributed by atoms with Crippen LogP contribution in [0.5, 0.6) is 0 Å². The minimum Gasteiger partial charge on any atom is -0.0809 e. The quantitative estimate of drug-likeness (QED) is 0.652. The van der Waals surface area contributed by atoms with Crippen LogP contribution in [0, 0.1) is 0 Å². The molecule has 1 heterocycles. The van der Waals surface area contributed by atoms with Crippen molar-refractivity contribution in [2.75, 3.05) is 0 Å². The van der Waals surface area contributed by atoms with Gasteiger partial charge < -0.3 is 0 Å². The van der Waals surface area contributed by atoms with Crippen molar-refractivity contribution < 1.29 is 0 Å². The van der Waals surface area contributed by atoms with Crippen LogP contribution in [-0.4, -0.2) is 5.25 Å². The molecule has 0 aromatic heterocycles. The van der Waals surface area contributed by atoms with Crippen molar-refractivity contribution >= 4 is 27.7 Å². The fourth-order valence-electron chi connectivity index (χ4n) is 1.98. The Balaban J connectivity index is 1.97. The van der Waals surface area contributed by atoms with Crippen molar-refractivity contribution in [2.24, 2.45) is 0 Å². The van der Waals surface area contributed by atoms with Crippen LogP contribution in [0.3, 0.4) is 0 Å². The van der Waals surface area contributed by atoms with E-state index in [1.54, 1.807) is 0 Å². The Bertz CT molecular complexity index is 407. The molecule has 2 aliphatic rings. The lowest BCUT2D eigenvalue weighted by Gasteiger charge is -2.15. The molecular formula is C12H10S2. The summed E-state index contributed by atoms with van der Waals surface area (Å²) >= 11 is 0. The van der Waals surface area contributed by atoms with E-state index in [-0.39, 0.29) is 0 Å². The predicted molar refractivity (Wildman–Crippen MR) is 66.3 cm³/mol. The van der Waals surface area contributed by atoms with Crippen molar-refractivity contribution in [3.05, 3.63) is 53.0 Å². The highest BCUT2D eigenvalue weighted by Gasteiger charge is 2.26. The molecule has 0 N–H and O–H groups in total. The van der Waals surface area contributed by atoms with Crippen molar-refractivity contribution in [1.29, 1.82) is 0 Å². The summed E-state index contributed by atoms with van der Waals surface area (Å²) in [4.78, 5) is 0. The Morgan fingerprint density at radius 1 is 1.07 bits per heavy atom. The molecule has 2 heteroatoms. The number of hydrogen-bond donors (Lipinski definition) is 0. The zero-order valence-electron chi connectivity index (χ0n) is 7.59. The Morgan fingerprint density at radius 2 is 2.00 bits per heavy atom. The smallest absolute Gasteiger partial charge is 0.0446 e. The normalized spacial score (nSPS) is 28.3. The summed E-state index contributed by atoms with van der Waals surface area (Å²) in [5.41, 5.74) is 2.88. The predicted octanol–water partition coefficient (Wildman–Crippen LogP) is 4.07. The molecule has 3 rings (SSSR count). The van der Waals surface area contributed by atoms with Crippen molar-refractivity contribution in [3.63, 3.8) is 0 Å². The van der Waals surface area contributed by atoms with Gasteiger partial charge in [-0.2, -0.15) is 0 Å². The van der Waals surface area contributed by atoms with Crippen LogP contribution in [0.4, 0.5) is 0 Å². The molecule has 0 bridgehead atoms. The number of fused-ring (bicyclic) bond motifs is 1. The first kappa shape index (κ1) is 8.69. The van der Waals surface area contributed by atoms with E-state index in [2.05, 4.69) is 47.9 Å². The Hall–Kier alpha value is -0.600. The molecule has 1 aliphatic carbocycles. The average Bonchev–Trinajstić information content (AvgIpc) is 2.85. The Morgan fingerprint density at radius 3 is 2.86 bits per heavy atom. The van der Waals surface area contributed by atoms with Gasteiger partial charge in [-0.1, -0.05) is 64.1 Å². The third kappa shape index (κ3) is 1.33. The van der Waals surface area contributed by atoms with Crippen molar-refractivity contribution in [3.8, 4) is 0 Å². The van der Waals surface area contributed by atoms with Gasteiger partial charge in [0, 0.05) is 11.2 Å². The largest absolute Gasteiger partial charge is 0.0809 e.